The van der Waals surface area contributed by atoms with Crippen LogP contribution in [0.2, 0.25) is 0 Å². The minimum Gasteiger partial charge on any atom is -0.366 e. The number of anilines is 1. The van der Waals surface area contributed by atoms with E-state index < -0.39 is 0 Å². The SMILES string of the molecule is O=C(C[NH2+][C@H](c1ccccc1)c1cccs1)N1CCN(c2ccccc2F)CC1. The van der Waals surface area contributed by atoms with E-state index in [0.717, 1.165) is 0 Å². The second-order valence-electron chi connectivity index (χ2n) is 7.16. The zero-order valence-corrected chi connectivity index (χ0v) is 17.0. The molecule has 29 heavy (non-hydrogen) atoms. The van der Waals surface area contributed by atoms with Gasteiger partial charge >= 0.3 is 0 Å². The number of thiophene rings is 1. The van der Waals surface area contributed by atoms with Crippen LogP contribution in [0.5, 0.6) is 0 Å². The fourth-order valence-corrected chi connectivity index (χ4v) is 4.65. The number of hydrogen-bond donors (Lipinski definition) is 1. The highest BCUT2D eigenvalue weighted by Gasteiger charge is 2.25. The Morgan fingerprint density at radius 3 is 2.38 bits per heavy atom. The molecule has 0 unspecified atom stereocenters. The maximum Gasteiger partial charge on any atom is 0.277 e. The lowest BCUT2D eigenvalue weighted by molar-refractivity contribution is -0.676. The lowest BCUT2D eigenvalue weighted by Gasteiger charge is -2.36. The first-order valence-electron chi connectivity index (χ1n) is 9.91. The van der Waals surface area contributed by atoms with Crippen LogP contribution < -0.4 is 10.2 Å². The quantitative estimate of drug-likeness (QED) is 0.679. The predicted molar refractivity (Wildman–Crippen MR) is 115 cm³/mol. The molecule has 2 heterocycles. The molecule has 0 saturated carbocycles. The van der Waals surface area contributed by atoms with Crippen LogP contribution >= 0.6 is 11.3 Å². The number of benzene rings is 2. The standard InChI is InChI=1S/C23H24FN3OS/c24-19-9-4-5-10-20(19)26-12-14-27(15-13-26)22(28)17-25-23(21-11-6-16-29-21)18-7-2-1-3-8-18/h1-11,16,23,25H,12-15,17H2/p+1/t23-/m1/s1. The van der Waals surface area contributed by atoms with Crippen LogP contribution in [-0.4, -0.2) is 43.5 Å². The van der Waals surface area contributed by atoms with Crippen LogP contribution in [0.1, 0.15) is 16.5 Å². The molecule has 1 aromatic heterocycles. The first-order valence-corrected chi connectivity index (χ1v) is 10.8. The molecule has 3 aromatic rings. The second-order valence-corrected chi connectivity index (χ2v) is 8.14. The highest BCUT2D eigenvalue weighted by molar-refractivity contribution is 7.10. The minimum absolute atomic E-state index is 0.125. The smallest absolute Gasteiger partial charge is 0.277 e. The highest BCUT2D eigenvalue weighted by atomic mass is 32.1. The minimum atomic E-state index is -0.206. The summed E-state index contributed by atoms with van der Waals surface area (Å²) in [6, 6.07) is 21.4. The van der Waals surface area contributed by atoms with E-state index in [1.165, 1.54) is 16.5 Å². The largest absolute Gasteiger partial charge is 0.366 e. The number of piperazine rings is 1. The van der Waals surface area contributed by atoms with Gasteiger partial charge in [0.2, 0.25) is 0 Å². The lowest BCUT2D eigenvalue weighted by Crippen LogP contribution is -2.87. The van der Waals surface area contributed by atoms with Crippen molar-refractivity contribution in [2.75, 3.05) is 37.6 Å². The van der Waals surface area contributed by atoms with E-state index in [-0.39, 0.29) is 17.8 Å². The number of amides is 1. The Hall–Kier alpha value is -2.70. The molecule has 4 nitrogen and oxygen atoms in total. The number of carbonyl (C=O) groups excluding carboxylic acids is 1. The number of nitrogens with zero attached hydrogens (tertiary/aromatic N) is 2. The van der Waals surface area contributed by atoms with Gasteiger partial charge in [0.15, 0.2) is 6.54 Å². The van der Waals surface area contributed by atoms with Crippen LogP contribution in [-0.2, 0) is 4.79 Å². The van der Waals surface area contributed by atoms with Crippen LogP contribution in [0.3, 0.4) is 0 Å². The number of nitrogens with two attached hydrogens (primary N) is 1. The van der Waals surface area contributed by atoms with Crippen LogP contribution in [0, 0.1) is 5.82 Å². The summed E-state index contributed by atoms with van der Waals surface area (Å²) >= 11 is 1.71. The third-order valence-electron chi connectivity index (χ3n) is 5.36. The summed E-state index contributed by atoms with van der Waals surface area (Å²) in [7, 11) is 0. The Labute approximate surface area is 174 Å². The monoisotopic (exact) mass is 410 g/mol. The van der Waals surface area contributed by atoms with Crippen molar-refractivity contribution in [3.8, 4) is 0 Å². The molecule has 1 atom stereocenters. The van der Waals surface area contributed by atoms with E-state index in [0.29, 0.717) is 38.4 Å². The summed E-state index contributed by atoms with van der Waals surface area (Å²) in [4.78, 5) is 18.0. The number of para-hydroxylation sites is 1. The van der Waals surface area contributed by atoms with Gasteiger partial charge < -0.3 is 15.1 Å². The number of hydrogen-bond acceptors (Lipinski definition) is 3. The van der Waals surface area contributed by atoms with Crippen molar-refractivity contribution in [2.24, 2.45) is 0 Å². The van der Waals surface area contributed by atoms with Gasteiger partial charge in [0.1, 0.15) is 11.9 Å². The van der Waals surface area contributed by atoms with Crippen LogP contribution in [0.25, 0.3) is 0 Å². The van der Waals surface area contributed by atoms with E-state index in [4.69, 9.17) is 0 Å². The molecule has 1 amide bonds. The molecule has 150 valence electrons. The summed E-state index contributed by atoms with van der Waals surface area (Å²) in [6.45, 7) is 2.95. The Morgan fingerprint density at radius 1 is 0.966 bits per heavy atom. The zero-order valence-electron chi connectivity index (χ0n) is 16.2. The summed E-state index contributed by atoms with van der Waals surface area (Å²) in [5.74, 6) is -0.0714. The number of carbonyl (C=O) groups is 1. The average molecular weight is 411 g/mol. The fraction of sp³-hybridized carbons (Fsp3) is 0.261. The number of halogens is 1. The van der Waals surface area contributed by atoms with Crippen molar-refractivity contribution >= 4 is 22.9 Å². The molecule has 6 heteroatoms. The molecule has 1 aliphatic rings. The van der Waals surface area contributed by atoms with Crippen molar-refractivity contribution in [1.29, 1.82) is 0 Å². The van der Waals surface area contributed by atoms with Gasteiger partial charge in [-0.2, -0.15) is 0 Å². The third-order valence-corrected chi connectivity index (χ3v) is 6.32. The normalized spacial score (nSPS) is 15.3. The molecule has 2 N–H and O–H groups in total. The Morgan fingerprint density at radius 2 is 1.69 bits per heavy atom. The predicted octanol–water partition coefficient (Wildman–Crippen LogP) is 2.89. The number of quaternary nitrogens is 1. The van der Waals surface area contributed by atoms with E-state index in [2.05, 4.69) is 28.9 Å². The molecular formula is C23H25FN3OS+. The van der Waals surface area contributed by atoms with E-state index >= 15 is 0 Å². The molecule has 0 bridgehead atoms. The number of rotatable bonds is 6. The van der Waals surface area contributed by atoms with Gasteiger partial charge in [0, 0.05) is 31.7 Å². The summed E-state index contributed by atoms with van der Waals surface area (Å²) in [5.41, 5.74) is 1.82. The van der Waals surface area contributed by atoms with Crippen molar-refractivity contribution in [3.63, 3.8) is 0 Å². The Bertz CT molecular complexity index is 924. The maximum absolute atomic E-state index is 14.0. The summed E-state index contributed by atoms with van der Waals surface area (Å²) in [6.07, 6.45) is 0. The summed E-state index contributed by atoms with van der Waals surface area (Å²) in [5, 5.41) is 4.19. The van der Waals surface area contributed by atoms with Gasteiger partial charge in [0.25, 0.3) is 5.91 Å². The molecular weight excluding hydrogens is 385 g/mol. The van der Waals surface area contributed by atoms with E-state index in [1.807, 2.05) is 40.1 Å². The topological polar surface area (TPSA) is 40.2 Å². The van der Waals surface area contributed by atoms with E-state index in [9.17, 15) is 9.18 Å². The first kappa shape index (κ1) is 19.6. The van der Waals surface area contributed by atoms with Gasteiger partial charge in [-0.25, -0.2) is 4.39 Å². The third kappa shape index (κ3) is 4.66. The van der Waals surface area contributed by atoms with Crippen molar-refractivity contribution in [1.82, 2.24) is 4.90 Å². The molecule has 1 fully saturated rings. The molecule has 1 aliphatic heterocycles. The highest BCUT2D eigenvalue weighted by Crippen LogP contribution is 2.23. The molecule has 1 saturated heterocycles. The zero-order chi connectivity index (χ0) is 20.1. The van der Waals surface area contributed by atoms with Gasteiger partial charge in [-0.1, -0.05) is 48.5 Å². The van der Waals surface area contributed by atoms with E-state index in [1.54, 1.807) is 23.5 Å². The molecule has 2 aromatic carbocycles. The van der Waals surface area contributed by atoms with Gasteiger partial charge in [-0.3, -0.25) is 4.79 Å². The van der Waals surface area contributed by atoms with Gasteiger partial charge in [-0.15, -0.1) is 11.3 Å². The van der Waals surface area contributed by atoms with Crippen molar-refractivity contribution < 1.29 is 14.5 Å². The second kappa shape index (κ2) is 9.20. The van der Waals surface area contributed by atoms with Gasteiger partial charge in [0.05, 0.1) is 10.6 Å². The Balaban J connectivity index is 1.35. The fourth-order valence-electron chi connectivity index (χ4n) is 3.80. The summed E-state index contributed by atoms with van der Waals surface area (Å²) < 4.78 is 14.0. The lowest BCUT2D eigenvalue weighted by atomic mass is 10.1. The van der Waals surface area contributed by atoms with Gasteiger partial charge in [-0.05, 0) is 23.6 Å². The molecule has 0 spiro atoms. The Kier molecular flexibility index (Phi) is 6.22. The molecule has 0 aliphatic carbocycles. The first-order chi connectivity index (χ1) is 14.2. The average Bonchev–Trinajstić information content (AvgIpc) is 3.30. The van der Waals surface area contributed by atoms with Crippen LogP contribution in [0.4, 0.5) is 10.1 Å². The molecule has 0 radical (unpaired) electrons. The van der Waals surface area contributed by atoms with Crippen molar-refractivity contribution in [3.05, 3.63) is 88.4 Å². The van der Waals surface area contributed by atoms with Crippen LogP contribution in [0.15, 0.2) is 72.1 Å². The van der Waals surface area contributed by atoms with Crippen molar-refractivity contribution in [2.45, 2.75) is 6.04 Å². The molecule has 4 rings (SSSR count). The maximum atomic E-state index is 14.0.